The number of nitrogens with zero attached hydrogens (tertiary/aromatic N) is 3. The van der Waals surface area contributed by atoms with Crippen molar-refractivity contribution in [3.63, 3.8) is 0 Å². The Kier molecular flexibility index (Phi) is 3.84. The van der Waals surface area contributed by atoms with Gasteiger partial charge in [-0.05, 0) is 12.1 Å². The van der Waals surface area contributed by atoms with Crippen LogP contribution in [0.25, 0.3) is 11.4 Å². The Labute approximate surface area is 117 Å². The fourth-order valence-corrected chi connectivity index (χ4v) is 1.92. The fourth-order valence-electron chi connectivity index (χ4n) is 1.52. The van der Waals surface area contributed by atoms with Gasteiger partial charge in [0.25, 0.3) is 0 Å². The van der Waals surface area contributed by atoms with Crippen LogP contribution in [0, 0.1) is 0 Å². The number of carbonyl (C=O) groups excluding carboxylic acids is 1. The van der Waals surface area contributed by atoms with Gasteiger partial charge in [0.15, 0.2) is 5.82 Å². The molecule has 1 aromatic heterocycles. The molecule has 0 aliphatic heterocycles. The van der Waals surface area contributed by atoms with E-state index in [1.807, 2.05) is 12.1 Å². The number of benzene rings is 1. The van der Waals surface area contributed by atoms with Gasteiger partial charge in [0.1, 0.15) is 6.54 Å². The molecular formula is C12H12BrN3O3. The molecule has 0 saturated heterocycles. The van der Waals surface area contributed by atoms with Crippen molar-refractivity contribution in [3.8, 4) is 11.4 Å². The van der Waals surface area contributed by atoms with E-state index in [1.54, 1.807) is 26.2 Å². The fraction of sp³-hybridized carbons (Fsp3) is 0.250. The van der Waals surface area contributed by atoms with Crippen molar-refractivity contribution in [2.75, 3.05) is 14.1 Å². The van der Waals surface area contributed by atoms with Crippen LogP contribution in [-0.4, -0.2) is 34.6 Å². The van der Waals surface area contributed by atoms with E-state index >= 15 is 0 Å². The molecule has 2 aromatic rings. The smallest absolute Gasteiger partial charge is 0.347 e. The normalized spacial score (nSPS) is 10.5. The van der Waals surface area contributed by atoms with Crippen molar-refractivity contribution in [2.45, 2.75) is 6.54 Å². The Bertz CT molecular complexity index is 660. The number of hydrogen-bond donors (Lipinski definition) is 0. The summed E-state index contributed by atoms with van der Waals surface area (Å²) < 4.78 is 6.71. The zero-order valence-electron chi connectivity index (χ0n) is 10.5. The number of aromatic nitrogens is 2. The number of amides is 1. The van der Waals surface area contributed by atoms with Gasteiger partial charge in [-0.3, -0.25) is 9.32 Å². The van der Waals surface area contributed by atoms with E-state index in [0.717, 1.165) is 4.47 Å². The number of rotatable bonds is 3. The maximum Gasteiger partial charge on any atom is 0.442 e. The highest BCUT2D eigenvalue weighted by molar-refractivity contribution is 9.10. The van der Waals surface area contributed by atoms with Crippen molar-refractivity contribution in [2.24, 2.45) is 0 Å². The quantitative estimate of drug-likeness (QED) is 0.854. The molecule has 0 atom stereocenters. The summed E-state index contributed by atoms with van der Waals surface area (Å²) in [5.41, 5.74) is 0.701. The average Bonchev–Trinajstić information content (AvgIpc) is 2.71. The third-order valence-electron chi connectivity index (χ3n) is 2.56. The molecule has 1 amide bonds. The van der Waals surface area contributed by atoms with Gasteiger partial charge in [0.05, 0.1) is 0 Å². The van der Waals surface area contributed by atoms with Crippen LogP contribution in [0.15, 0.2) is 38.1 Å². The summed E-state index contributed by atoms with van der Waals surface area (Å²) in [6, 6.07) is 7.26. The van der Waals surface area contributed by atoms with Crippen LogP contribution in [0.1, 0.15) is 0 Å². The van der Waals surface area contributed by atoms with E-state index in [2.05, 4.69) is 25.6 Å². The first kappa shape index (κ1) is 13.5. The lowest BCUT2D eigenvalue weighted by atomic mass is 10.2. The number of carbonyl (C=O) groups is 1. The number of halogens is 1. The topological polar surface area (TPSA) is 68.3 Å². The molecule has 0 fully saturated rings. The zero-order valence-corrected chi connectivity index (χ0v) is 12.0. The van der Waals surface area contributed by atoms with Crippen molar-refractivity contribution in [1.82, 2.24) is 14.6 Å². The minimum Gasteiger partial charge on any atom is -0.347 e. The summed E-state index contributed by atoms with van der Waals surface area (Å²) in [5, 5.41) is 3.72. The van der Waals surface area contributed by atoms with Gasteiger partial charge in [-0.2, -0.15) is 0 Å². The second kappa shape index (κ2) is 5.40. The number of hydrogen-bond acceptors (Lipinski definition) is 4. The third-order valence-corrected chi connectivity index (χ3v) is 3.05. The summed E-state index contributed by atoms with van der Waals surface area (Å²) in [6.07, 6.45) is 0. The van der Waals surface area contributed by atoms with Crippen molar-refractivity contribution in [3.05, 3.63) is 39.3 Å². The van der Waals surface area contributed by atoms with Gasteiger partial charge >= 0.3 is 5.76 Å². The largest absolute Gasteiger partial charge is 0.442 e. The lowest BCUT2D eigenvalue weighted by Gasteiger charge is -2.10. The maximum atomic E-state index is 11.7. The monoisotopic (exact) mass is 325 g/mol. The zero-order chi connectivity index (χ0) is 14.0. The predicted molar refractivity (Wildman–Crippen MR) is 72.6 cm³/mol. The lowest BCUT2D eigenvalue weighted by molar-refractivity contribution is -0.129. The molecule has 2 rings (SSSR count). The molecule has 6 nitrogen and oxygen atoms in total. The van der Waals surface area contributed by atoms with E-state index in [9.17, 15) is 9.59 Å². The molecule has 0 aliphatic rings. The first-order valence-corrected chi connectivity index (χ1v) is 6.31. The van der Waals surface area contributed by atoms with Crippen LogP contribution in [0.2, 0.25) is 0 Å². The number of likely N-dealkylation sites (N-methyl/N-ethyl adjacent to an activating group) is 1. The highest BCUT2D eigenvalue weighted by Crippen LogP contribution is 2.20. The van der Waals surface area contributed by atoms with E-state index in [1.165, 1.54) is 9.47 Å². The van der Waals surface area contributed by atoms with Crippen molar-refractivity contribution >= 4 is 21.8 Å². The second-order valence-electron chi connectivity index (χ2n) is 4.16. The van der Waals surface area contributed by atoms with Crippen LogP contribution in [-0.2, 0) is 11.3 Å². The van der Waals surface area contributed by atoms with Crippen LogP contribution < -0.4 is 5.76 Å². The van der Waals surface area contributed by atoms with Crippen LogP contribution in [0.5, 0.6) is 0 Å². The van der Waals surface area contributed by atoms with Crippen LogP contribution in [0.3, 0.4) is 0 Å². The Hall–Kier alpha value is -1.89. The summed E-state index contributed by atoms with van der Waals surface area (Å²) in [6.45, 7) is -0.100. The van der Waals surface area contributed by atoms with Gasteiger partial charge < -0.3 is 4.90 Å². The summed E-state index contributed by atoms with van der Waals surface area (Å²) in [4.78, 5) is 24.7. The molecular weight excluding hydrogens is 314 g/mol. The van der Waals surface area contributed by atoms with Gasteiger partial charge in [0, 0.05) is 24.1 Å². The minimum absolute atomic E-state index is 0.100. The van der Waals surface area contributed by atoms with E-state index < -0.39 is 5.76 Å². The first-order chi connectivity index (χ1) is 8.99. The standard InChI is InChI=1S/C12H12BrN3O3/c1-15(2)10(17)7-16-11(14-19-12(16)18)8-4-3-5-9(13)6-8/h3-6H,7H2,1-2H3. The summed E-state index contributed by atoms with van der Waals surface area (Å²) in [5.74, 6) is -0.520. The molecule has 0 radical (unpaired) electrons. The molecule has 1 aromatic carbocycles. The SMILES string of the molecule is CN(C)C(=O)Cn1c(-c2cccc(Br)c2)noc1=O. The van der Waals surface area contributed by atoms with E-state index in [4.69, 9.17) is 0 Å². The summed E-state index contributed by atoms with van der Waals surface area (Å²) in [7, 11) is 3.25. The Morgan fingerprint density at radius 1 is 1.47 bits per heavy atom. The average molecular weight is 326 g/mol. The van der Waals surface area contributed by atoms with E-state index in [-0.39, 0.29) is 12.5 Å². The molecule has 0 bridgehead atoms. The van der Waals surface area contributed by atoms with Crippen LogP contribution >= 0.6 is 15.9 Å². The molecule has 7 heteroatoms. The van der Waals surface area contributed by atoms with Gasteiger partial charge in [-0.25, -0.2) is 9.36 Å². The van der Waals surface area contributed by atoms with Crippen molar-refractivity contribution in [1.29, 1.82) is 0 Å². The lowest BCUT2D eigenvalue weighted by Crippen LogP contribution is -2.30. The van der Waals surface area contributed by atoms with E-state index in [0.29, 0.717) is 11.4 Å². The van der Waals surface area contributed by atoms with Gasteiger partial charge in [-0.15, -0.1) is 0 Å². The highest BCUT2D eigenvalue weighted by Gasteiger charge is 2.16. The van der Waals surface area contributed by atoms with Crippen LogP contribution in [0.4, 0.5) is 0 Å². The molecule has 100 valence electrons. The Balaban J connectivity index is 2.43. The first-order valence-electron chi connectivity index (χ1n) is 5.51. The Morgan fingerprint density at radius 3 is 2.84 bits per heavy atom. The highest BCUT2D eigenvalue weighted by atomic mass is 79.9. The molecule has 0 N–H and O–H groups in total. The van der Waals surface area contributed by atoms with Gasteiger partial charge in [-0.1, -0.05) is 33.2 Å². The third kappa shape index (κ3) is 2.93. The van der Waals surface area contributed by atoms with Gasteiger partial charge in [0.2, 0.25) is 5.91 Å². The second-order valence-corrected chi connectivity index (χ2v) is 5.07. The molecule has 1 heterocycles. The minimum atomic E-state index is -0.648. The predicted octanol–water partition coefficient (Wildman–Crippen LogP) is 1.35. The molecule has 0 aliphatic carbocycles. The molecule has 0 saturated carbocycles. The molecule has 19 heavy (non-hydrogen) atoms. The Morgan fingerprint density at radius 2 is 2.21 bits per heavy atom. The summed E-state index contributed by atoms with van der Waals surface area (Å²) >= 11 is 3.34. The molecule has 0 spiro atoms. The maximum absolute atomic E-state index is 11.7. The van der Waals surface area contributed by atoms with Crippen molar-refractivity contribution < 1.29 is 9.32 Å². The molecule has 0 unspecified atom stereocenters.